The van der Waals surface area contributed by atoms with Crippen molar-refractivity contribution in [3.05, 3.63) is 63.2 Å². The highest BCUT2D eigenvalue weighted by molar-refractivity contribution is 6.31. The molecule has 0 radical (unpaired) electrons. The van der Waals surface area contributed by atoms with Crippen LogP contribution in [0.15, 0.2) is 35.3 Å². The highest BCUT2D eigenvalue weighted by Gasteiger charge is 2.31. The predicted octanol–water partition coefficient (Wildman–Crippen LogP) is 5.94. The fourth-order valence-electron chi connectivity index (χ4n) is 2.46. The van der Waals surface area contributed by atoms with E-state index in [1.807, 2.05) is 25.8 Å². The number of halogens is 4. The van der Waals surface area contributed by atoms with Crippen molar-refractivity contribution in [1.82, 2.24) is 4.90 Å². The van der Waals surface area contributed by atoms with Crippen molar-refractivity contribution in [2.24, 2.45) is 4.99 Å². The van der Waals surface area contributed by atoms with Gasteiger partial charge < -0.3 is 9.64 Å². The standard InChI is InChI=1S/C21H22ClF3N2O2/c1-5-27(4)12-26-19-9-13(2)17(8-14(19)3)20(28)29-11-15-6-7-16(10-18(15)22)21(23,24)25/h6-10,12H,5,11H2,1-4H3/b26-12+. The van der Waals surface area contributed by atoms with Crippen molar-refractivity contribution in [1.29, 1.82) is 0 Å². The molecule has 0 N–H and O–H groups in total. The molecule has 4 nitrogen and oxygen atoms in total. The predicted molar refractivity (Wildman–Crippen MR) is 108 cm³/mol. The Bertz CT molecular complexity index is 927. The summed E-state index contributed by atoms with van der Waals surface area (Å²) in [4.78, 5) is 18.8. The molecule has 0 aromatic heterocycles. The van der Waals surface area contributed by atoms with Crippen LogP contribution in [0.2, 0.25) is 5.02 Å². The number of aliphatic imine (C=N–C) groups is 1. The van der Waals surface area contributed by atoms with E-state index in [1.54, 1.807) is 25.4 Å². The van der Waals surface area contributed by atoms with Gasteiger partial charge in [0.25, 0.3) is 0 Å². The van der Waals surface area contributed by atoms with Gasteiger partial charge in [-0.2, -0.15) is 13.2 Å². The summed E-state index contributed by atoms with van der Waals surface area (Å²) in [6.45, 7) is 6.20. The number of hydrogen-bond acceptors (Lipinski definition) is 3. The Morgan fingerprint density at radius 3 is 2.48 bits per heavy atom. The molecule has 0 bridgehead atoms. The number of hydrogen-bond donors (Lipinski definition) is 0. The van der Waals surface area contributed by atoms with Gasteiger partial charge in [-0.1, -0.05) is 17.7 Å². The zero-order valence-corrected chi connectivity index (χ0v) is 17.4. The van der Waals surface area contributed by atoms with E-state index in [9.17, 15) is 18.0 Å². The van der Waals surface area contributed by atoms with Crippen LogP contribution >= 0.6 is 11.6 Å². The maximum Gasteiger partial charge on any atom is 0.416 e. The van der Waals surface area contributed by atoms with E-state index in [-0.39, 0.29) is 11.6 Å². The quantitative estimate of drug-likeness (QED) is 0.326. The Morgan fingerprint density at radius 2 is 1.90 bits per heavy atom. The molecular formula is C21H22ClF3N2O2. The molecule has 2 aromatic carbocycles. The third-order valence-electron chi connectivity index (χ3n) is 4.39. The fraction of sp³-hybridized carbons (Fsp3) is 0.333. The lowest BCUT2D eigenvalue weighted by molar-refractivity contribution is -0.137. The maximum atomic E-state index is 12.7. The van der Waals surface area contributed by atoms with Gasteiger partial charge in [0.2, 0.25) is 0 Å². The molecule has 0 aliphatic carbocycles. The lowest BCUT2D eigenvalue weighted by atomic mass is 10.0. The Kier molecular flexibility index (Phi) is 7.30. The van der Waals surface area contributed by atoms with Gasteiger partial charge in [0.05, 0.1) is 23.2 Å². The number of esters is 1. The summed E-state index contributed by atoms with van der Waals surface area (Å²) < 4.78 is 43.4. The summed E-state index contributed by atoms with van der Waals surface area (Å²) in [5, 5.41) is -0.106. The van der Waals surface area contributed by atoms with Crippen LogP contribution in [0.1, 0.15) is 39.5 Å². The van der Waals surface area contributed by atoms with Crippen LogP contribution in [0.3, 0.4) is 0 Å². The first-order chi connectivity index (χ1) is 13.5. The Labute approximate surface area is 173 Å². The summed E-state index contributed by atoms with van der Waals surface area (Å²) in [7, 11) is 1.91. The molecule has 0 aliphatic heterocycles. The zero-order valence-electron chi connectivity index (χ0n) is 16.6. The number of alkyl halides is 3. The third-order valence-corrected chi connectivity index (χ3v) is 4.75. The van der Waals surface area contributed by atoms with Crippen LogP contribution in [0.4, 0.5) is 18.9 Å². The van der Waals surface area contributed by atoms with Gasteiger partial charge in [0, 0.05) is 24.2 Å². The lowest BCUT2D eigenvalue weighted by Gasteiger charge is -2.13. The number of ether oxygens (including phenoxy) is 1. The minimum Gasteiger partial charge on any atom is -0.457 e. The summed E-state index contributed by atoms with van der Waals surface area (Å²) in [6, 6.07) is 6.41. The van der Waals surface area contributed by atoms with Gasteiger partial charge in [-0.05, 0) is 56.2 Å². The van der Waals surface area contributed by atoms with Gasteiger partial charge in [-0.15, -0.1) is 0 Å². The van der Waals surface area contributed by atoms with E-state index in [0.29, 0.717) is 16.7 Å². The fourth-order valence-corrected chi connectivity index (χ4v) is 2.70. The second-order valence-electron chi connectivity index (χ2n) is 6.65. The largest absolute Gasteiger partial charge is 0.457 e. The highest BCUT2D eigenvalue weighted by Crippen LogP contribution is 2.32. The zero-order chi connectivity index (χ0) is 21.8. The molecule has 0 saturated carbocycles. The molecule has 0 amide bonds. The minimum absolute atomic E-state index is 0.106. The Hall–Kier alpha value is -2.54. The first kappa shape index (κ1) is 22.7. The number of aryl methyl sites for hydroxylation is 2. The van der Waals surface area contributed by atoms with Crippen LogP contribution in [0.5, 0.6) is 0 Å². The number of rotatable bonds is 6. The number of nitrogens with zero attached hydrogens (tertiary/aromatic N) is 2. The van der Waals surface area contributed by atoms with Gasteiger partial charge >= 0.3 is 12.1 Å². The van der Waals surface area contributed by atoms with Gasteiger partial charge in [-0.25, -0.2) is 9.79 Å². The van der Waals surface area contributed by atoms with Gasteiger partial charge in [0.15, 0.2) is 0 Å². The third kappa shape index (κ3) is 5.97. The van der Waals surface area contributed by atoms with Gasteiger partial charge in [0.1, 0.15) is 6.61 Å². The Balaban J connectivity index is 2.13. The van der Waals surface area contributed by atoms with Crippen LogP contribution in [0, 0.1) is 13.8 Å². The van der Waals surface area contributed by atoms with Crippen molar-refractivity contribution in [2.75, 3.05) is 13.6 Å². The van der Waals surface area contributed by atoms with E-state index in [0.717, 1.165) is 29.9 Å². The monoisotopic (exact) mass is 426 g/mol. The van der Waals surface area contributed by atoms with Crippen molar-refractivity contribution in [3.63, 3.8) is 0 Å². The summed E-state index contributed by atoms with van der Waals surface area (Å²) in [6.07, 6.45) is -2.77. The number of carbonyl (C=O) groups excluding carboxylic acids is 1. The summed E-state index contributed by atoms with van der Waals surface area (Å²) in [5.74, 6) is -0.581. The maximum absolute atomic E-state index is 12.7. The van der Waals surface area contributed by atoms with Crippen LogP contribution in [-0.2, 0) is 17.5 Å². The smallest absolute Gasteiger partial charge is 0.416 e. The molecule has 0 atom stereocenters. The van der Waals surface area contributed by atoms with Crippen LogP contribution in [-0.4, -0.2) is 30.8 Å². The summed E-state index contributed by atoms with van der Waals surface area (Å²) >= 11 is 5.90. The molecule has 0 unspecified atom stereocenters. The molecule has 2 aromatic rings. The summed E-state index contributed by atoms with van der Waals surface area (Å²) in [5.41, 5.74) is 2.04. The molecule has 0 heterocycles. The topological polar surface area (TPSA) is 41.9 Å². The SMILES string of the molecule is CCN(C)/C=N/c1cc(C)c(C(=O)OCc2ccc(C(F)(F)F)cc2Cl)cc1C. The molecule has 156 valence electrons. The van der Waals surface area contributed by atoms with Crippen molar-refractivity contribution >= 4 is 29.6 Å². The second kappa shape index (κ2) is 9.31. The molecular weight excluding hydrogens is 405 g/mol. The normalized spacial score (nSPS) is 11.7. The van der Waals surface area contributed by atoms with Crippen molar-refractivity contribution < 1.29 is 22.7 Å². The first-order valence-corrected chi connectivity index (χ1v) is 9.29. The highest BCUT2D eigenvalue weighted by atomic mass is 35.5. The van der Waals surface area contributed by atoms with Crippen LogP contribution < -0.4 is 0 Å². The second-order valence-corrected chi connectivity index (χ2v) is 7.06. The van der Waals surface area contributed by atoms with Crippen LogP contribution in [0.25, 0.3) is 0 Å². The minimum atomic E-state index is -4.48. The molecule has 0 spiro atoms. The van der Waals surface area contributed by atoms with E-state index in [4.69, 9.17) is 16.3 Å². The van der Waals surface area contributed by atoms with Crippen molar-refractivity contribution in [3.8, 4) is 0 Å². The van der Waals surface area contributed by atoms with Gasteiger partial charge in [-0.3, -0.25) is 0 Å². The first-order valence-electron chi connectivity index (χ1n) is 8.91. The molecule has 0 aliphatic rings. The van der Waals surface area contributed by atoms with E-state index < -0.39 is 17.7 Å². The van der Waals surface area contributed by atoms with E-state index >= 15 is 0 Å². The lowest BCUT2D eigenvalue weighted by Crippen LogP contribution is -2.14. The molecule has 2 rings (SSSR count). The molecule has 0 fully saturated rings. The Morgan fingerprint density at radius 1 is 1.21 bits per heavy atom. The molecule has 0 saturated heterocycles. The van der Waals surface area contributed by atoms with E-state index in [1.165, 1.54) is 6.07 Å². The number of benzene rings is 2. The average molecular weight is 427 g/mol. The average Bonchev–Trinajstić information content (AvgIpc) is 2.65. The van der Waals surface area contributed by atoms with E-state index in [2.05, 4.69) is 4.99 Å². The molecule has 29 heavy (non-hydrogen) atoms. The molecule has 8 heteroatoms. The number of carbonyl (C=O) groups is 1. The van der Waals surface area contributed by atoms with Crippen molar-refractivity contribution in [2.45, 2.75) is 33.6 Å².